The molecule has 0 aliphatic rings. The number of fused-ring (bicyclic) bond motifs is 1. The monoisotopic (exact) mass is 195 g/mol. The lowest BCUT2D eigenvalue weighted by Gasteiger charge is -1.96. The highest BCUT2D eigenvalue weighted by Crippen LogP contribution is 2.23. The second-order valence-electron chi connectivity index (χ2n) is 2.95. The molecule has 2 aromatic rings. The minimum Gasteiger partial charge on any atom is -0.346 e. The Hall–Kier alpha value is -1.09. The molecule has 2 rings (SSSR count). The number of halogens is 1. The molecule has 2 aromatic heterocycles. The Morgan fingerprint density at radius 1 is 1.46 bits per heavy atom. The normalized spacial score (nSPS) is 10.9. The van der Waals surface area contributed by atoms with E-state index in [-0.39, 0.29) is 0 Å². The van der Waals surface area contributed by atoms with Crippen LogP contribution in [0, 0.1) is 0 Å². The van der Waals surface area contributed by atoms with Gasteiger partial charge in [-0.2, -0.15) is 0 Å². The molecule has 1 N–H and O–H groups in total. The van der Waals surface area contributed by atoms with Crippen molar-refractivity contribution in [3.63, 3.8) is 0 Å². The van der Waals surface area contributed by atoms with Gasteiger partial charge in [0, 0.05) is 6.20 Å². The van der Waals surface area contributed by atoms with E-state index in [0.717, 1.165) is 23.9 Å². The van der Waals surface area contributed by atoms with E-state index in [4.69, 9.17) is 11.6 Å². The van der Waals surface area contributed by atoms with Crippen LogP contribution in [0.1, 0.15) is 18.9 Å². The summed E-state index contributed by atoms with van der Waals surface area (Å²) in [5, 5.41) is 1.50. The van der Waals surface area contributed by atoms with Gasteiger partial charge in [-0.05, 0) is 12.0 Å². The van der Waals surface area contributed by atoms with Gasteiger partial charge in [0.15, 0.2) is 0 Å². The van der Waals surface area contributed by atoms with E-state index < -0.39 is 0 Å². The van der Waals surface area contributed by atoms with Gasteiger partial charge in [-0.3, -0.25) is 0 Å². The van der Waals surface area contributed by atoms with Crippen LogP contribution in [0.4, 0.5) is 0 Å². The van der Waals surface area contributed by atoms with E-state index in [0.29, 0.717) is 5.15 Å². The Bertz CT molecular complexity index is 422. The van der Waals surface area contributed by atoms with Crippen molar-refractivity contribution in [1.82, 2.24) is 15.0 Å². The highest BCUT2D eigenvalue weighted by molar-refractivity contribution is 6.34. The number of aromatic nitrogens is 3. The van der Waals surface area contributed by atoms with Crippen LogP contribution in [-0.2, 0) is 6.42 Å². The third-order valence-corrected chi connectivity index (χ3v) is 2.31. The summed E-state index contributed by atoms with van der Waals surface area (Å²) in [6.45, 7) is 2.14. The molecule has 0 saturated carbocycles. The second-order valence-corrected chi connectivity index (χ2v) is 3.31. The zero-order chi connectivity index (χ0) is 9.26. The average Bonchev–Trinajstić information content (AvgIpc) is 2.51. The minimum atomic E-state index is 0.537. The fraction of sp³-hybridized carbons (Fsp3) is 0.333. The molecule has 0 amide bonds. The summed E-state index contributed by atoms with van der Waals surface area (Å²) in [5.74, 6) is 0. The summed E-state index contributed by atoms with van der Waals surface area (Å²) in [5.41, 5.74) is 2.02. The number of aryl methyl sites for hydroxylation is 1. The molecule has 0 saturated heterocycles. The lowest BCUT2D eigenvalue weighted by molar-refractivity contribution is 0.928. The fourth-order valence-electron chi connectivity index (χ4n) is 1.45. The minimum absolute atomic E-state index is 0.537. The number of nitrogens with zero attached hydrogens (tertiary/aromatic N) is 2. The van der Waals surface area contributed by atoms with E-state index in [1.54, 1.807) is 0 Å². The molecule has 0 radical (unpaired) electrons. The Morgan fingerprint density at radius 2 is 2.31 bits per heavy atom. The van der Waals surface area contributed by atoms with Crippen molar-refractivity contribution in [3.05, 3.63) is 23.2 Å². The van der Waals surface area contributed by atoms with Gasteiger partial charge in [0.05, 0.1) is 5.39 Å². The molecule has 4 heteroatoms. The lowest BCUT2D eigenvalue weighted by Crippen LogP contribution is -1.84. The second kappa shape index (κ2) is 3.34. The topological polar surface area (TPSA) is 41.6 Å². The summed E-state index contributed by atoms with van der Waals surface area (Å²) < 4.78 is 0. The van der Waals surface area contributed by atoms with Gasteiger partial charge in [-0.1, -0.05) is 24.9 Å². The first kappa shape index (κ1) is 8.51. The smallest absolute Gasteiger partial charge is 0.142 e. The van der Waals surface area contributed by atoms with Crippen LogP contribution in [0.15, 0.2) is 12.5 Å². The molecule has 0 unspecified atom stereocenters. The van der Waals surface area contributed by atoms with Crippen molar-refractivity contribution >= 4 is 22.6 Å². The predicted molar refractivity (Wildman–Crippen MR) is 52.9 cm³/mol. The third kappa shape index (κ3) is 1.40. The zero-order valence-electron chi connectivity index (χ0n) is 7.34. The van der Waals surface area contributed by atoms with Gasteiger partial charge in [-0.25, -0.2) is 9.97 Å². The number of H-pyrrole nitrogens is 1. The average molecular weight is 196 g/mol. The molecule has 0 aliphatic heterocycles. The molecule has 2 heterocycles. The van der Waals surface area contributed by atoms with E-state index in [1.807, 2.05) is 6.20 Å². The molecule has 0 aliphatic carbocycles. The number of aromatic amines is 1. The molecule has 13 heavy (non-hydrogen) atoms. The van der Waals surface area contributed by atoms with Crippen molar-refractivity contribution in [2.24, 2.45) is 0 Å². The summed E-state index contributed by atoms with van der Waals surface area (Å²) in [6, 6.07) is 0. The van der Waals surface area contributed by atoms with Crippen LogP contribution in [0.2, 0.25) is 5.15 Å². The Kier molecular flexibility index (Phi) is 2.19. The standard InChI is InChI=1S/C9H10ClN3/c1-2-3-6-4-11-9-7(6)8(10)12-5-13-9/h4-5H,2-3H2,1H3,(H,11,12,13). The Morgan fingerprint density at radius 3 is 3.08 bits per heavy atom. The van der Waals surface area contributed by atoms with Crippen molar-refractivity contribution in [2.45, 2.75) is 19.8 Å². The molecule has 0 atom stereocenters. The van der Waals surface area contributed by atoms with Crippen LogP contribution in [0.3, 0.4) is 0 Å². The van der Waals surface area contributed by atoms with Gasteiger partial charge in [0.2, 0.25) is 0 Å². The maximum absolute atomic E-state index is 5.97. The first-order valence-electron chi connectivity index (χ1n) is 4.29. The molecule has 0 spiro atoms. The van der Waals surface area contributed by atoms with Crippen LogP contribution >= 0.6 is 11.6 Å². The summed E-state index contributed by atoms with van der Waals surface area (Å²) in [7, 11) is 0. The largest absolute Gasteiger partial charge is 0.346 e. The van der Waals surface area contributed by atoms with Gasteiger partial charge < -0.3 is 4.98 Å². The van der Waals surface area contributed by atoms with Crippen LogP contribution < -0.4 is 0 Å². The predicted octanol–water partition coefficient (Wildman–Crippen LogP) is 2.56. The van der Waals surface area contributed by atoms with Crippen molar-refractivity contribution in [3.8, 4) is 0 Å². The van der Waals surface area contributed by atoms with E-state index in [1.165, 1.54) is 11.9 Å². The Balaban J connectivity index is 2.64. The van der Waals surface area contributed by atoms with Crippen LogP contribution in [-0.4, -0.2) is 15.0 Å². The quantitative estimate of drug-likeness (QED) is 0.749. The van der Waals surface area contributed by atoms with Crippen molar-refractivity contribution in [2.75, 3.05) is 0 Å². The molecule has 68 valence electrons. The molecule has 3 nitrogen and oxygen atoms in total. The Labute approximate surface area is 81.2 Å². The number of rotatable bonds is 2. The number of hydrogen-bond donors (Lipinski definition) is 1. The summed E-state index contributed by atoms with van der Waals surface area (Å²) >= 11 is 5.97. The van der Waals surface area contributed by atoms with Crippen molar-refractivity contribution < 1.29 is 0 Å². The fourth-order valence-corrected chi connectivity index (χ4v) is 1.71. The van der Waals surface area contributed by atoms with Crippen LogP contribution in [0.5, 0.6) is 0 Å². The molecule has 0 bridgehead atoms. The van der Waals surface area contributed by atoms with Crippen LogP contribution in [0.25, 0.3) is 11.0 Å². The maximum Gasteiger partial charge on any atom is 0.142 e. The highest BCUT2D eigenvalue weighted by atomic mass is 35.5. The highest BCUT2D eigenvalue weighted by Gasteiger charge is 2.07. The van der Waals surface area contributed by atoms with E-state index in [2.05, 4.69) is 21.9 Å². The van der Waals surface area contributed by atoms with Gasteiger partial charge in [0.25, 0.3) is 0 Å². The molecule has 0 fully saturated rings. The van der Waals surface area contributed by atoms with E-state index >= 15 is 0 Å². The SMILES string of the molecule is CCCc1c[nH]c2ncnc(Cl)c12. The van der Waals surface area contributed by atoms with Gasteiger partial charge in [-0.15, -0.1) is 0 Å². The number of hydrogen-bond acceptors (Lipinski definition) is 2. The van der Waals surface area contributed by atoms with Crippen molar-refractivity contribution in [1.29, 1.82) is 0 Å². The summed E-state index contributed by atoms with van der Waals surface area (Å²) in [4.78, 5) is 11.1. The molecular weight excluding hydrogens is 186 g/mol. The van der Waals surface area contributed by atoms with E-state index in [9.17, 15) is 0 Å². The van der Waals surface area contributed by atoms with Gasteiger partial charge >= 0.3 is 0 Å². The van der Waals surface area contributed by atoms with Gasteiger partial charge in [0.1, 0.15) is 17.1 Å². The lowest BCUT2D eigenvalue weighted by atomic mass is 10.1. The molecule has 0 aromatic carbocycles. The first-order valence-corrected chi connectivity index (χ1v) is 4.67. The maximum atomic E-state index is 5.97. The zero-order valence-corrected chi connectivity index (χ0v) is 8.10. The first-order chi connectivity index (χ1) is 6.33. The number of nitrogens with one attached hydrogen (secondary N) is 1. The third-order valence-electron chi connectivity index (χ3n) is 2.02. The summed E-state index contributed by atoms with van der Waals surface area (Å²) in [6.07, 6.45) is 5.52. The molecular formula is C9H10ClN3.